The fraction of sp³-hybridized carbons (Fsp3) is 0.796. The Hall–Kier alpha value is -4.83. The summed E-state index contributed by atoms with van der Waals surface area (Å²) in [4.78, 5) is 103. The van der Waals surface area contributed by atoms with Crippen molar-refractivity contribution < 1.29 is 77.0 Å². The van der Waals surface area contributed by atoms with E-state index in [1.165, 1.54) is 64.6 Å². The van der Waals surface area contributed by atoms with E-state index in [2.05, 4.69) is 41.9 Å². The van der Waals surface area contributed by atoms with Crippen molar-refractivity contribution in [2.45, 2.75) is 153 Å². The van der Waals surface area contributed by atoms with E-state index in [9.17, 15) is 43.5 Å². The molecule has 0 unspecified atom stereocenters. The first-order valence-corrected chi connectivity index (χ1v) is 28.4. The highest BCUT2D eigenvalue weighted by Gasteiger charge is 2.23. The number of aliphatic hydroxyl groups is 1. The highest BCUT2D eigenvalue weighted by atomic mass is 16.5. The van der Waals surface area contributed by atoms with E-state index in [1.807, 2.05) is 0 Å². The second kappa shape index (κ2) is 51.3. The predicted octanol–water partition coefficient (Wildman–Crippen LogP) is 0.976. The number of nitrogens with one attached hydrogen (secondary N) is 7. The van der Waals surface area contributed by atoms with Gasteiger partial charge in [0.25, 0.3) is 0 Å². The van der Waals surface area contributed by atoms with Crippen LogP contribution in [0, 0.1) is 0 Å². The number of rotatable bonds is 58. The first-order valence-electron chi connectivity index (χ1n) is 28.4. The third-order valence-corrected chi connectivity index (χ3v) is 12.3. The van der Waals surface area contributed by atoms with Crippen molar-refractivity contribution in [1.29, 1.82) is 0 Å². The van der Waals surface area contributed by atoms with Crippen LogP contribution in [0.3, 0.4) is 0 Å². The number of amides is 4. The number of hydrogen-bond donors (Lipinski definition) is 10. The largest absolute Gasteiger partial charge is 0.481 e. The number of aromatic nitrogens is 2. The van der Waals surface area contributed by atoms with Gasteiger partial charge < -0.3 is 75.9 Å². The lowest BCUT2D eigenvalue weighted by Crippen LogP contribution is -2.49. The molecule has 79 heavy (non-hydrogen) atoms. The number of Topliss-reactive ketones (excluding diaryl/α,β-unsaturated/α-hetero) is 3. The molecule has 0 aliphatic heterocycles. The van der Waals surface area contributed by atoms with Gasteiger partial charge in [-0.1, -0.05) is 77.0 Å². The lowest BCUT2D eigenvalue weighted by molar-refractivity contribution is -0.137. The maximum Gasteiger partial charge on any atom is 0.303 e. The summed E-state index contributed by atoms with van der Waals surface area (Å²) < 4.78 is 32.3. The molecule has 1 aromatic rings. The smallest absolute Gasteiger partial charge is 0.303 e. The van der Waals surface area contributed by atoms with Gasteiger partial charge in [-0.3, -0.25) is 43.7 Å². The molecule has 0 saturated carbocycles. The maximum absolute atomic E-state index is 13.0. The minimum atomic E-state index is -0.881. The van der Waals surface area contributed by atoms with Crippen LogP contribution in [-0.4, -0.2) is 210 Å². The molecular formula is C54H97N9O16. The Labute approximate surface area is 467 Å². The number of aromatic amines is 1. The lowest BCUT2D eigenvalue weighted by atomic mass is 10.0. The Morgan fingerprint density at radius 2 is 0.937 bits per heavy atom. The molecule has 1 rings (SSSR count). The number of aliphatic carboxylic acids is 1. The van der Waals surface area contributed by atoms with Gasteiger partial charge in [-0.05, 0) is 39.0 Å². The number of nitrogens with zero attached hydrogens (tertiary/aromatic N) is 1. The van der Waals surface area contributed by atoms with E-state index < -0.39 is 30.7 Å². The molecule has 25 heteroatoms. The van der Waals surface area contributed by atoms with Crippen molar-refractivity contribution in [2.75, 3.05) is 125 Å². The number of unbranched alkanes of at least 4 members (excludes halogenated alkanes) is 14. The molecule has 1 aromatic heterocycles. The zero-order valence-electron chi connectivity index (χ0n) is 47.1. The van der Waals surface area contributed by atoms with E-state index in [0.717, 1.165) is 38.5 Å². The highest BCUT2D eigenvalue weighted by Crippen LogP contribution is 2.14. The number of carboxylic acids is 1. The van der Waals surface area contributed by atoms with Crippen LogP contribution in [-0.2, 0) is 73.2 Å². The van der Waals surface area contributed by atoms with Gasteiger partial charge in [0.2, 0.25) is 23.6 Å². The fourth-order valence-corrected chi connectivity index (χ4v) is 7.73. The van der Waals surface area contributed by atoms with E-state index >= 15 is 0 Å². The zero-order chi connectivity index (χ0) is 57.8. The summed E-state index contributed by atoms with van der Waals surface area (Å²) >= 11 is 0. The van der Waals surface area contributed by atoms with Gasteiger partial charge in [0.15, 0.2) is 11.6 Å². The molecule has 11 N–H and O–H groups in total. The minimum absolute atomic E-state index is 0.0266. The predicted molar refractivity (Wildman–Crippen MR) is 294 cm³/mol. The van der Waals surface area contributed by atoms with Crippen LogP contribution in [0.4, 0.5) is 0 Å². The van der Waals surface area contributed by atoms with Crippen LogP contribution >= 0.6 is 0 Å². The van der Waals surface area contributed by atoms with E-state index in [1.54, 1.807) is 6.20 Å². The van der Waals surface area contributed by atoms with Crippen molar-refractivity contribution in [3.8, 4) is 0 Å². The normalized spacial score (nSPS) is 12.4. The summed E-state index contributed by atoms with van der Waals surface area (Å²) in [7, 11) is 0. The van der Waals surface area contributed by atoms with Gasteiger partial charge in [0.1, 0.15) is 25.6 Å². The number of carbonyl (C=O) groups excluding carboxylic acids is 7. The number of carbonyl (C=O) groups is 8. The van der Waals surface area contributed by atoms with Gasteiger partial charge in [0.05, 0.1) is 104 Å². The highest BCUT2D eigenvalue weighted by molar-refractivity contribution is 5.89. The van der Waals surface area contributed by atoms with Gasteiger partial charge in [0, 0.05) is 57.3 Å². The zero-order valence-corrected chi connectivity index (χ0v) is 47.1. The molecule has 0 fully saturated rings. The molecule has 0 radical (unpaired) electrons. The Morgan fingerprint density at radius 1 is 0.519 bits per heavy atom. The molecule has 4 amide bonds. The molecule has 0 spiro atoms. The Morgan fingerprint density at radius 3 is 1.38 bits per heavy atom. The number of H-pyrrole nitrogens is 1. The number of nitrogens with two attached hydrogens (primary N) is 1. The van der Waals surface area contributed by atoms with E-state index in [4.69, 9.17) is 39.3 Å². The number of imidazole rings is 1. The summed E-state index contributed by atoms with van der Waals surface area (Å²) in [6.45, 7) is 3.48. The quantitative estimate of drug-likeness (QED) is 0.0406. The Bertz CT molecular complexity index is 1760. The fourth-order valence-electron chi connectivity index (χ4n) is 7.73. The molecule has 0 bridgehead atoms. The van der Waals surface area contributed by atoms with Crippen LogP contribution in [0.15, 0.2) is 12.5 Å². The molecule has 1 heterocycles. The SMILES string of the molecule is CC(=O)[C@H](CO)NCC(=O)[C@H](CCCCNC(=O)COCCOCCNC(=O)COCCOCCNC(=O)COCCOCCNC(=O)CCCCCCCCCCCCCCCCC(=O)O)NCC(=O)[C@@H](N)Cc1cnc[nH]1. The number of hydrogen-bond acceptors (Lipinski definition) is 19. The van der Waals surface area contributed by atoms with Crippen LogP contribution < -0.4 is 37.6 Å². The lowest BCUT2D eigenvalue weighted by Gasteiger charge is -2.20. The molecule has 0 aliphatic carbocycles. The third-order valence-electron chi connectivity index (χ3n) is 12.3. The summed E-state index contributed by atoms with van der Waals surface area (Å²) in [6.07, 6.45) is 21.5. The number of aliphatic hydroxyl groups excluding tert-OH is 1. The Balaban J connectivity index is 1.92. The average Bonchev–Trinajstić information content (AvgIpc) is 3.94. The maximum atomic E-state index is 13.0. The number of ketones is 3. The first-order chi connectivity index (χ1) is 38.3. The molecule has 25 nitrogen and oxygen atoms in total. The van der Waals surface area contributed by atoms with Crippen LogP contribution in [0.2, 0.25) is 0 Å². The van der Waals surface area contributed by atoms with Crippen LogP contribution in [0.5, 0.6) is 0 Å². The Kier molecular flexibility index (Phi) is 46.9. The molecule has 3 atom stereocenters. The molecule has 0 aliphatic rings. The van der Waals surface area contributed by atoms with Gasteiger partial charge in [-0.25, -0.2) is 4.98 Å². The van der Waals surface area contributed by atoms with E-state index in [-0.39, 0.29) is 146 Å². The van der Waals surface area contributed by atoms with Crippen LogP contribution in [0.25, 0.3) is 0 Å². The average molecular weight is 1130 g/mol. The summed E-state index contributed by atoms with van der Waals surface area (Å²) in [6, 6.07) is -2.42. The summed E-state index contributed by atoms with van der Waals surface area (Å²) in [5.74, 6) is -2.52. The standard InChI is InChI=1S/C54H97N9O16/c1-43(65)47(38-64)62-37-49(67)46(61-36-48(66)45(55)34-44-35-56-42-63-44)18-16-17-21-57-51(69)39-77-31-29-75-26-23-59-53(71)41-79-33-30-76-27-24-60-52(70)40-78-32-28-74-25-22-58-50(68)19-14-12-10-8-6-4-2-3-5-7-9-11-13-15-20-54(72)73/h35,42,45-47,61-62,64H,2-34,36-41,55H2,1H3,(H,56,63)(H,57,69)(H,58,68)(H,59,71)(H,60,70)(H,72,73)/t45-,46-,47-/m0/s1. The summed E-state index contributed by atoms with van der Waals surface area (Å²) in [5.41, 5.74) is 6.75. The second-order valence-corrected chi connectivity index (χ2v) is 19.2. The van der Waals surface area contributed by atoms with Crippen molar-refractivity contribution in [3.63, 3.8) is 0 Å². The van der Waals surface area contributed by atoms with Gasteiger partial charge in [-0.15, -0.1) is 0 Å². The molecule has 454 valence electrons. The van der Waals surface area contributed by atoms with E-state index in [0.29, 0.717) is 57.7 Å². The van der Waals surface area contributed by atoms with Crippen molar-refractivity contribution >= 4 is 46.9 Å². The third kappa shape index (κ3) is 45.6. The summed E-state index contributed by atoms with van der Waals surface area (Å²) in [5, 5.41) is 34.8. The van der Waals surface area contributed by atoms with Crippen molar-refractivity contribution in [1.82, 2.24) is 41.9 Å². The topological polar surface area (TPSA) is 359 Å². The number of carboxylic acid groups (broad SMARTS) is 1. The first kappa shape index (κ1) is 72.2. The van der Waals surface area contributed by atoms with Gasteiger partial charge in [-0.2, -0.15) is 0 Å². The monoisotopic (exact) mass is 1130 g/mol. The molecular weight excluding hydrogens is 1030 g/mol. The molecule has 0 saturated heterocycles. The van der Waals surface area contributed by atoms with Crippen LogP contribution in [0.1, 0.15) is 135 Å². The van der Waals surface area contributed by atoms with Gasteiger partial charge >= 0.3 is 5.97 Å². The number of ether oxygens (including phenoxy) is 6. The van der Waals surface area contributed by atoms with Crippen molar-refractivity contribution in [3.05, 3.63) is 18.2 Å². The molecule has 0 aromatic carbocycles. The minimum Gasteiger partial charge on any atom is -0.481 e. The second-order valence-electron chi connectivity index (χ2n) is 19.2. The van der Waals surface area contributed by atoms with Crippen molar-refractivity contribution in [2.24, 2.45) is 5.73 Å².